The molecule has 0 bridgehead atoms. The number of aromatic hydroxyl groups is 1. The summed E-state index contributed by atoms with van der Waals surface area (Å²) in [6.45, 7) is 3.74. The molecule has 1 aromatic carbocycles. The highest BCUT2D eigenvalue weighted by molar-refractivity contribution is 9.12. The van der Waals surface area contributed by atoms with Gasteiger partial charge in [0, 0.05) is 35.8 Å². The van der Waals surface area contributed by atoms with Gasteiger partial charge < -0.3 is 5.11 Å². The van der Waals surface area contributed by atoms with Crippen molar-refractivity contribution in [1.82, 2.24) is 4.90 Å². The number of halogens is 1. The minimum atomic E-state index is -0.661. The van der Waals surface area contributed by atoms with Gasteiger partial charge in [-0.2, -0.15) is 0 Å². The van der Waals surface area contributed by atoms with Crippen LogP contribution in [0.5, 0.6) is 5.75 Å². The molecule has 3 aliphatic carbocycles. The lowest BCUT2D eigenvalue weighted by Crippen LogP contribution is -2.39. The van der Waals surface area contributed by atoms with Crippen molar-refractivity contribution in [3.63, 3.8) is 0 Å². The summed E-state index contributed by atoms with van der Waals surface area (Å²) in [6.07, 6.45) is 5.96. The first-order chi connectivity index (χ1) is 15.8. The molecule has 0 radical (unpaired) electrons. The number of carbonyl (C=O) groups is 4. The Labute approximate surface area is 199 Å². The first-order valence-electron chi connectivity index (χ1n) is 10.9. The molecule has 5 rings (SSSR count). The molecule has 4 aliphatic rings. The highest BCUT2D eigenvalue weighted by Gasteiger charge is 2.55. The first-order valence-corrected chi connectivity index (χ1v) is 11.7. The molecule has 1 N–H and O–H groups in total. The van der Waals surface area contributed by atoms with Gasteiger partial charge in [0.25, 0.3) is 0 Å². The molecule has 1 aromatic rings. The van der Waals surface area contributed by atoms with Crippen LogP contribution in [0.25, 0.3) is 0 Å². The topological polar surface area (TPSA) is 91.8 Å². The molecule has 168 valence electrons. The van der Waals surface area contributed by atoms with Gasteiger partial charge in [0.15, 0.2) is 11.6 Å². The normalized spacial score (nSPS) is 28.8. The fourth-order valence-electron chi connectivity index (χ4n) is 5.88. The minimum absolute atomic E-state index is 0.0535. The summed E-state index contributed by atoms with van der Waals surface area (Å²) in [6, 6.07) is 5.36. The van der Waals surface area contributed by atoms with E-state index in [0.717, 1.165) is 5.57 Å². The van der Waals surface area contributed by atoms with E-state index in [0.29, 0.717) is 35.1 Å². The van der Waals surface area contributed by atoms with Crippen LogP contribution in [0.2, 0.25) is 0 Å². The van der Waals surface area contributed by atoms with E-state index in [1.165, 1.54) is 18.0 Å². The number of allylic oxidation sites excluding steroid dienone is 7. The monoisotopic (exact) mass is 507 g/mol. The quantitative estimate of drug-likeness (QED) is 0.384. The molecule has 0 spiro atoms. The third-order valence-corrected chi connectivity index (χ3v) is 7.97. The Morgan fingerprint density at radius 3 is 2.67 bits per heavy atom. The second kappa shape index (κ2) is 7.76. The maximum atomic E-state index is 13.2. The summed E-state index contributed by atoms with van der Waals surface area (Å²) >= 11 is 3.21. The maximum Gasteiger partial charge on any atom is 0.233 e. The van der Waals surface area contributed by atoms with E-state index in [4.69, 9.17) is 0 Å². The molecule has 4 atom stereocenters. The molecular formula is C26H22BrNO5. The first kappa shape index (κ1) is 21.8. The molecule has 0 saturated carbocycles. The van der Waals surface area contributed by atoms with Crippen molar-refractivity contribution < 1.29 is 24.3 Å². The van der Waals surface area contributed by atoms with Crippen molar-refractivity contribution in [3.05, 3.63) is 75.3 Å². The van der Waals surface area contributed by atoms with E-state index in [1.807, 2.05) is 12.1 Å². The summed E-state index contributed by atoms with van der Waals surface area (Å²) in [5.74, 6) is -3.09. The molecule has 0 unspecified atom stereocenters. The zero-order valence-corrected chi connectivity index (χ0v) is 19.6. The number of ketones is 2. The number of carbonyl (C=O) groups excluding carboxylic acids is 4. The molecule has 2 amide bonds. The van der Waals surface area contributed by atoms with Gasteiger partial charge in [0.05, 0.1) is 16.3 Å². The predicted octanol–water partition coefficient (Wildman–Crippen LogP) is 3.51. The highest BCUT2D eigenvalue weighted by atomic mass is 79.9. The lowest BCUT2D eigenvalue weighted by Gasteiger charge is -2.42. The SMILES string of the molecule is C=CCc1cccc([C@H]2C3=CC[C@@H]4C(=O)N(C)C(=O)[C@@H]4[C@@H]3CC3=C2C(=O)C=C(Br)C3=O)c1O. The Morgan fingerprint density at radius 1 is 1.18 bits per heavy atom. The minimum Gasteiger partial charge on any atom is -0.507 e. The summed E-state index contributed by atoms with van der Waals surface area (Å²) in [5, 5.41) is 11.1. The van der Waals surface area contributed by atoms with Crippen LogP contribution in [0.15, 0.2) is 64.2 Å². The molecular weight excluding hydrogens is 486 g/mol. The summed E-state index contributed by atoms with van der Waals surface area (Å²) in [4.78, 5) is 53.2. The van der Waals surface area contributed by atoms with Crippen LogP contribution in [-0.4, -0.2) is 40.4 Å². The number of phenolic OH excluding ortho intramolecular Hbond substituents is 1. The number of hydrogen-bond donors (Lipinski definition) is 1. The van der Waals surface area contributed by atoms with Gasteiger partial charge >= 0.3 is 0 Å². The van der Waals surface area contributed by atoms with E-state index >= 15 is 0 Å². The number of phenols is 1. The number of rotatable bonds is 3. The van der Waals surface area contributed by atoms with E-state index in [9.17, 15) is 24.3 Å². The zero-order valence-electron chi connectivity index (χ0n) is 18.0. The number of imide groups is 1. The smallest absolute Gasteiger partial charge is 0.233 e. The molecule has 7 heteroatoms. The number of hydrogen-bond acceptors (Lipinski definition) is 5. The number of amides is 2. The van der Waals surface area contributed by atoms with Gasteiger partial charge in [-0.1, -0.05) is 35.9 Å². The number of nitrogens with zero attached hydrogens (tertiary/aromatic N) is 1. The fourth-order valence-corrected chi connectivity index (χ4v) is 6.33. The average molecular weight is 508 g/mol. The second-order valence-electron chi connectivity index (χ2n) is 8.98. The second-order valence-corrected chi connectivity index (χ2v) is 9.83. The molecule has 1 saturated heterocycles. The van der Waals surface area contributed by atoms with Crippen molar-refractivity contribution in [1.29, 1.82) is 0 Å². The van der Waals surface area contributed by atoms with Crippen LogP contribution < -0.4 is 0 Å². The van der Waals surface area contributed by atoms with Crippen LogP contribution in [-0.2, 0) is 25.6 Å². The summed E-state index contributed by atoms with van der Waals surface area (Å²) < 4.78 is 0.181. The molecule has 1 fully saturated rings. The highest BCUT2D eigenvalue weighted by Crippen LogP contribution is 2.56. The summed E-state index contributed by atoms with van der Waals surface area (Å²) in [7, 11) is 1.49. The Morgan fingerprint density at radius 2 is 1.94 bits per heavy atom. The van der Waals surface area contributed by atoms with Crippen LogP contribution in [0.4, 0.5) is 0 Å². The molecule has 1 aliphatic heterocycles. The van der Waals surface area contributed by atoms with Crippen molar-refractivity contribution in [3.8, 4) is 5.75 Å². The van der Waals surface area contributed by atoms with Gasteiger partial charge in [-0.15, -0.1) is 6.58 Å². The number of para-hydroxylation sites is 1. The molecule has 0 aromatic heterocycles. The van der Waals surface area contributed by atoms with Crippen molar-refractivity contribution in [2.75, 3.05) is 7.05 Å². The van der Waals surface area contributed by atoms with Crippen molar-refractivity contribution in [2.24, 2.45) is 17.8 Å². The van der Waals surface area contributed by atoms with Crippen molar-refractivity contribution in [2.45, 2.75) is 25.2 Å². The third kappa shape index (κ3) is 3.05. The fraction of sp³-hybridized carbons (Fsp3) is 0.308. The van der Waals surface area contributed by atoms with E-state index in [1.54, 1.807) is 18.2 Å². The van der Waals surface area contributed by atoms with E-state index in [2.05, 4.69) is 22.5 Å². The number of fused-ring (bicyclic) bond motifs is 3. The van der Waals surface area contributed by atoms with Gasteiger partial charge in [-0.3, -0.25) is 24.1 Å². The van der Waals surface area contributed by atoms with Gasteiger partial charge in [-0.05, 0) is 46.7 Å². The van der Waals surface area contributed by atoms with Crippen molar-refractivity contribution >= 4 is 39.3 Å². The molecule has 33 heavy (non-hydrogen) atoms. The van der Waals surface area contributed by atoms with Crippen LogP contribution in [0.3, 0.4) is 0 Å². The predicted molar refractivity (Wildman–Crippen MR) is 124 cm³/mol. The number of likely N-dealkylation sites (tertiary alicyclic amines) is 1. The maximum absolute atomic E-state index is 13.2. The molecule has 1 heterocycles. The average Bonchev–Trinajstić information content (AvgIpc) is 3.02. The van der Waals surface area contributed by atoms with Gasteiger partial charge in [0.2, 0.25) is 11.8 Å². The Balaban J connectivity index is 1.74. The van der Waals surface area contributed by atoms with E-state index < -0.39 is 23.7 Å². The van der Waals surface area contributed by atoms with E-state index in [-0.39, 0.29) is 40.0 Å². The van der Waals surface area contributed by atoms with Crippen LogP contribution >= 0.6 is 15.9 Å². The van der Waals surface area contributed by atoms with Crippen LogP contribution in [0.1, 0.15) is 29.9 Å². The molecule has 6 nitrogen and oxygen atoms in total. The third-order valence-electron chi connectivity index (χ3n) is 7.38. The van der Waals surface area contributed by atoms with Gasteiger partial charge in [-0.25, -0.2) is 0 Å². The zero-order chi connectivity index (χ0) is 23.6. The summed E-state index contributed by atoms with van der Waals surface area (Å²) in [5.41, 5.74) is 2.71. The lowest BCUT2D eigenvalue weighted by molar-refractivity contribution is -0.138. The Kier molecular flexibility index (Phi) is 5.12. The standard InChI is InChI=1S/C26H22BrNO5/c1-3-5-12-6-4-7-14(23(12)30)20-13-8-9-15-21(26(33)28(2)25(15)32)16(13)10-17-22(20)19(29)11-18(27)24(17)31/h3-4,6-8,11,15-16,20-21,30H,1,5,9-10H2,2H3/t15-,16+,20+,21-/m0/s1. The largest absolute Gasteiger partial charge is 0.507 e. The van der Waals surface area contributed by atoms with Gasteiger partial charge in [0.1, 0.15) is 5.75 Å². The number of benzene rings is 1. The Bertz CT molecular complexity index is 1250. The number of Topliss-reactive ketones (excluding diaryl/α,β-unsaturated/α-hetero) is 1. The van der Waals surface area contributed by atoms with Crippen LogP contribution in [0, 0.1) is 17.8 Å². The Hall–Kier alpha value is -3.06. The lowest BCUT2D eigenvalue weighted by atomic mass is 9.59.